The van der Waals surface area contributed by atoms with E-state index in [1.54, 1.807) is 0 Å². The number of benzene rings is 4. The van der Waals surface area contributed by atoms with Crippen LogP contribution in [-0.4, -0.2) is 17.0 Å². The predicted octanol–water partition coefficient (Wildman–Crippen LogP) is 6.00. The van der Waals surface area contributed by atoms with E-state index in [9.17, 15) is 0 Å². The molecule has 28 heavy (non-hydrogen) atoms. The van der Waals surface area contributed by atoms with Gasteiger partial charge in [0.25, 0.3) is 6.73 Å². The van der Waals surface area contributed by atoms with Gasteiger partial charge >= 0.3 is 0 Å². The van der Waals surface area contributed by atoms with E-state index in [4.69, 9.17) is 4.74 Å². The summed E-state index contributed by atoms with van der Waals surface area (Å²) in [4.78, 5) is 0. The summed E-state index contributed by atoms with van der Waals surface area (Å²) in [7, 11) is 0. The number of hydrogen-bond donors (Lipinski definition) is 0. The van der Waals surface area contributed by atoms with Crippen molar-refractivity contribution >= 4 is 27.9 Å². The van der Waals surface area contributed by atoms with Gasteiger partial charge in [0.05, 0.1) is 11.6 Å². The van der Waals surface area contributed by atoms with Crippen molar-refractivity contribution in [2.24, 2.45) is 0 Å². The average Bonchev–Trinajstić information content (AvgIpc) is 2.79. The number of fused-ring (bicyclic) bond motifs is 1. The van der Waals surface area contributed by atoms with Crippen molar-refractivity contribution in [1.29, 1.82) is 0 Å². The quantitative estimate of drug-likeness (QED) is 0.407. The molecular weight excluding hydrogens is 342 g/mol. The Labute approximate surface area is 164 Å². The van der Waals surface area contributed by atoms with Crippen LogP contribution in [0.4, 0.5) is 5.69 Å². The Morgan fingerprint density at radius 3 is 2.14 bits per heavy atom. The Hall–Kier alpha value is -3.65. The van der Waals surface area contributed by atoms with E-state index in [0.29, 0.717) is 6.73 Å². The van der Waals surface area contributed by atoms with E-state index in [-0.39, 0.29) is 0 Å². The molecule has 1 aliphatic rings. The predicted molar refractivity (Wildman–Crippen MR) is 115 cm³/mol. The first-order valence-electron chi connectivity index (χ1n) is 9.48. The van der Waals surface area contributed by atoms with Crippen LogP contribution in [0.5, 0.6) is 0 Å². The fraction of sp³-hybridized carbons (Fsp3) is 0.0385. The molecular formula is C26H20NO+. The van der Waals surface area contributed by atoms with Crippen molar-refractivity contribution in [1.82, 2.24) is 0 Å². The minimum atomic E-state index is 0.475. The molecule has 0 bridgehead atoms. The van der Waals surface area contributed by atoms with E-state index in [2.05, 4.69) is 89.5 Å². The van der Waals surface area contributed by atoms with Gasteiger partial charge in [0, 0.05) is 17.7 Å². The molecule has 4 aromatic carbocycles. The van der Waals surface area contributed by atoms with Gasteiger partial charge in [-0.2, -0.15) is 4.58 Å². The molecule has 2 heteroatoms. The Morgan fingerprint density at radius 1 is 0.643 bits per heavy atom. The molecule has 0 unspecified atom stereocenters. The lowest BCUT2D eigenvalue weighted by molar-refractivity contribution is -0.483. The molecule has 2 nitrogen and oxygen atoms in total. The second kappa shape index (κ2) is 7.16. The fourth-order valence-corrected chi connectivity index (χ4v) is 3.71. The van der Waals surface area contributed by atoms with Gasteiger partial charge < -0.3 is 4.74 Å². The Bertz CT molecular complexity index is 1190. The minimum absolute atomic E-state index is 0.475. The summed E-state index contributed by atoms with van der Waals surface area (Å²) in [5, 5.41) is 2.48. The van der Waals surface area contributed by atoms with Crippen LogP contribution in [0, 0.1) is 0 Å². The van der Waals surface area contributed by atoms with Gasteiger partial charge in [-0.15, -0.1) is 0 Å². The smallest absolute Gasteiger partial charge is 0.293 e. The van der Waals surface area contributed by atoms with Crippen molar-refractivity contribution in [3.05, 3.63) is 120 Å². The largest absolute Gasteiger partial charge is 0.435 e. The van der Waals surface area contributed by atoms with Crippen molar-refractivity contribution < 1.29 is 9.31 Å². The lowest BCUT2D eigenvalue weighted by atomic mass is 9.98. The molecule has 5 rings (SSSR count). The van der Waals surface area contributed by atoms with Crippen molar-refractivity contribution in [2.75, 3.05) is 6.73 Å². The van der Waals surface area contributed by atoms with Gasteiger partial charge in [0.15, 0.2) is 0 Å². The maximum absolute atomic E-state index is 6.16. The molecule has 0 aliphatic carbocycles. The standard InChI is InChI=1S/C26H20NO/c1-3-11-21(12-4-1)26-18-25(27(19-28-26)22-14-5-2-6-15-22)24-17-9-13-20-10-7-8-16-23(20)24/h1-18H,19H2/q+1. The zero-order chi connectivity index (χ0) is 18.8. The lowest BCUT2D eigenvalue weighted by Gasteiger charge is -2.18. The van der Waals surface area contributed by atoms with Gasteiger partial charge in [0.1, 0.15) is 5.76 Å². The maximum atomic E-state index is 6.16. The summed E-state index contributed by atoms with van der Waals surface area (Å²) < 4.78 is 8.39. The van der Waals surface area contributed by atoms with E-state index < -0.39 is 0 Å². The van der Waals surface area contributed by atoms with Gasteiger partial charge in [-0.3, -0.25) is 0 Å². The number of rotatable bonds is 3. The van der Waals surface area contributed by atoms with Crippen LogP contribution >= 0.6 is 0 Å². The molecule has 0 radical (unpaired) electrons. The maximum Gasteiger partial charge on any atom is 0.293 e. The van der Waals surface area contributed by atoms with E-state index >= 15 is 0 Å². The number of para-hydroxylation sites is 1. The third-order valence-electron chi connectivity index (χ3n) is 5.10. The molecule has 1 aliphatic heterocycles. The summed E-state index contributed by atoms with van der Waals surface area (Å²) in [6, 6.07) is 35.7. The second-order valence-corrected chi connectivity index (χ2v) is 6.82. The highest BCUT2D eigenvalue weighted by Gasteiger charge is 2.26. The van der Waals surface area contributed by atoms with E-state index in [0.717, 1.165) is 22.7 Å². The molecule has 1 heterocycles. The van der Waals surface area contributed by atoms with Crippen molar-refractivity contribution in [3.63, 3.8) is 0 Å². The number of hydrogen-bond acceptors (Lipinski definition) is 1. The van der Waals surface area contributed by atoms with Crippen molar-refractivity contribution in [2.45, 2.75) is 0 Å². The summed E-state index contributed by atoms with van der Waals surface area (Å²) in [6.45, 7) is 0.475. The first-order chi connectivity index (χ1) is 13.9. The molecule has 0 atom stereocenters. The van der Waals surface area contributed by atoms with Gasteiger partial charge in [-0.1, -0.05) is 84.9 Å². The first kappa shape index (κ1) is 16.5. The molecule has 0 saturated carbocycles. The second-order valence-electron chi connectivity index (χ2n) is 6.82. The van der Waals surface area contributed by atoms with E-state index in [1.165, 1.54) is 16.3 Å². The SMILES string of the molecule is C1=C(c2ccccc2)OC[N+](c2ccccc2)=C1c1cccc2ccccc12. The summed E-state index contributed by atoms with van der Waals surface area (Å²) in [5.74, 6) is 0.899. The molecule has 4 aromatic rings. The average molecular weight is 362 g/mol. The van der Waals surface area contributed by atoms with Gasteiger partial charge in [-0.05, 0) is 16.8 Å². The van der Waals surface area contributed by atoms with Crippen LogP contribution in [0.25, 0.3) is 16.5 Å². The molecule has 0 fully saturated rings. The molecule has 134 valence electrons. The van der Waals surface area contributed by atoms with Crippen LogP contribution < -0.4 is 0 Å². The number of nitrogens with zero attached hydrogens (tertiary/aromatic N) is 1. The van der Waals surface area contributed by atoms with Crippen LogP contribution in [-0.2, 0) is 4.74 Å². The third-order valence-corrected chi connectivity index (χ3v) is 5.10. The Morgan fingerprint density at radius 2 is 1.32 bits per heavy atom. The normalized spacial score (nSPS) is 13.9. The molecule has 0 N–H and O–H groups in total. The zero-order valence-corrected chi connectivity index (χ0v) is 15.5. The monoisotopic (exact) mass is 362 g/mol. The summed E-state index contributed by atoms with van der Waals surface area (Å²) in [6.07, 6.45) is 2.16. The van der Waals surface area contributed by atoms with Crippen LogP contribution in [0.15, 0.2) is 109 Å². The fourth-order valence-electron chi connectivity index (χ4n) is 3.71. The van der Waals surface area contributed by atoms with Crippen molar-refractivity contribution in [3.8, 4) is 0 Å². The molecule has 0 aromatic heterocycles. The highest BCUT2D eigenvalue weighted by atomic mass is 16.5. The van der Waals surface area contributed by atoms with Gasteiger partial charge in [-0.25, -0.2) is 0 Å². The zero-order valence-electron chi connectivity index (χ0n) is 15.5. The highest BCUT2D eigenvalue weighted by molar-refractivity contribution is 6.16. The molecule has 0 amide bonds. The first-order valence-corrected chi connectivity index (χ1v) is 9.48. The molecule has 0 spiro atoms. The summed E-state index contributed by atoms with van der Waals surface area (Å²) >= 11 is 0. The lowest BCUT2D eigenvalue weighted by Crippen LogP contribution is -2.24. The van der Waals surface area contributed by atoms with Crippen LogP contribution in [0.2, 0.25) is 0 Å². The Balaban J connectivity index is 1.77. The molecule has 0 saturated heterocycles. The number of ether oxygens (including phenoxy) is 1. The topological polar surface area (TPSA) is 12.2 Å². The third kappa shape index (κ3) is 2.99. The number of allylic oxidation sites excluding steroid dienone is 1. The van der Waals surface area contributed by atoms with Crippen LogP contribution in [0.1, 0.15) is 11.1 Å². The minimum Gasteiger partial charge on any atom is -0.435 e. The highest BCUT2D eigenvalue weighted by Crippen LogP contribution is 2.27. The Kier molecular flexibility index (Phi) is 4.23. The summed E-state index contributed by atoms with van der Waals surface area (Å²) in [5.41, 5.74) is 4.56. The van der Waals surface area contributed by atoms with Gasteiger partial charge in [0.2, 0.25) is 11.4 Å². The van der Waals surface area contributed by atoms with Crippen LogP contribution in [0.3, 0.4) is 0 Å². The van der Waals surface area contributed by atoms with E-state index in [1.807, 2.05) is 24.3 Å².